The molecule has 0 unspecified atom stereocenters. The zero-order valence-electron chi connectivity index (χ0n) is 11.0. The van der Waals surface area contributed by atoms with Gasteiger partial charge >= 0.3 is 0 Å². The zero-order valence-corrected chi connectivity index (χ0v) is 11.0. The van der Waals surface area contributed by atoms with Crippen LogP contribution in [0.25, 0.3) is 11.0 Å². The Morgan fingerprint density at radius 1 is 1.16 bits per heavy atom. The Balaban J connectivity index is 1.74. The van der Waals surface area contributed by atoms with Crippen LogP contribution in [0.3, 0.4) is 0 Å². The van der Waals surface area contributed by atoms with Gasteiger partial charge in [-0.15, -0.1) is 0 Å². The highest BCUT2D eigenvalue weighted by Crippen LogP contribution is 2.18. The van der Waals surface area contributed by atoms with Crippen molar-refractivity contribution in [3.8, 4) is 0 Å². The van der Waals surface area contributed by atoms with Gasteiger partial charge in [0.05, 0.1) is 11.8 Å². The van der Waals surface area contributed by atoms with E-state index >= 15 is 0 Å². The molecule has 0 saturated carbocycles. The summed E-state index contributed by atoms with van der Waals surface area (Å²) in [5.41, 5.74) is 3.19. The van der Waals surface area contributed by atoms with E-state index in [1.807, 2.05) is 41.7 Å². The minimum Gasteiger partial charge on any atom is -0.368 e. The number of aryl methyl sites for hydroxylation is 2. The van der Waals surface area contributed by atoms with E-state index in [1.54, 1.807) is 12.5 Å². The second-order valence-electron chi connectivity index (χ2n) is 4.51. The van der Waals surface area contributed by atoms with Gasteiger partial charge in [-0.25, -0.2) is 9.97 Å². The molecule has 0 fully saturated rings. The standard InChI is InChI=1S/C13H16N6/c1-18-9-16-12-11(18)5-7-15-13(12)14-6-3-10-4-8-17-19(10)2/h4-5,7-9H,3,6H2,1-2H3,(H,14,15). The first kappa shape index (κ1) is 11.7. The van der Waals surface area contributed by atoms with E-state index in [2.05, 4.69) is 20.4 Å². The van der Waals surface area contributed by atoms with Gasteiger partial charge in [-0.2, -0.15) is 5.10 Å². The van der Waals surface area contributed by atoms with Crippen molar-refractivity contribution in [3.63, 3.8) is 0 Å². The number of nitrogens with one attached hydrogen (secondary N) is 1. The van der Waals surface area contributed by atoms with Crippen molar-refractivity contribution >= 4 is 16.9 Å². The van der Waals surface area contributed by atoms with Crippen LogP contribution in [0.2, 0.25) is 0 Å². The van der Waals surface area contributed by atoms with Crippen LogP contribution in [0.5, 0.6) is 0 Å². The molecule has 0 radical (unpaired) electrons. The van der Waals surface area contributed by atoms with Crippen molar-refractivity contribution in [3.05, 3.63) is 36.5 Å². The molecule has 0 aromatic carbocycles. The topological polar surface area (TPSA) is 60.6 Å². The van der Waals surface area contributed by atoms with Gasteiger partial charge in [0.15, 0.2) is 5.82 Å². The van der Waals surface area contributed by atoms with Crippen molar-refractivity contribution in [2.24, 2.45) is 14.1 Å². The molecule has 0 aliphatic heterocycles. The van der Waals surface area contributed by atoms with Crippen LogP contribution in [-0.4, -0.2) is 30.9 Å². The number of fused-ring (bicyclic) bond motifs is 1. The van der Waals surface area contributed by atoms with E-state index < -0.39 is 0 Å². The Bertz CT molecular complexity index is 696. The average Bonchev–Trinajstić information content (AvgIpc) is 2.98. The second-order valence-corrected chi connectivity index (χ2v) is 4.51. The largest absolute Gasteiger partial charge is 0.368 e. The summed E-state index contributed by atoms with van der Waals surface area (Å²) in [7, 11) is 3.93. The third-order valence-electron chi connectivity index (χ3n) is 3.24. The van der Waals surface area contributed by atoms with Gasteiger partial charge < -0.3 is 9.88 Å². The van der Waals surface area contributed by atoms with Crippen LogP contribution < -0.4 is 5.32 Å². The molecule has 3 rings (SSSR count). The summed E-state index contributed by atoms with van der Waals surface area (Å²) in [6.07, 6.45) is 6.32. The Kier molecular flexibility index (Phi) is 2.91. The van der Waals surface area contributed by atoms with E-state index in [4.69, 9.17) is 0 Å². The van der Waals surface area contributed by atoms with Crippen LogP contribution in [0.15, 0.2) is 30.9 Å². The Morgan fingerprint density at radius 2 is 2.05 bits per heavy atom. The number of imidazole rings is 1. The zero-order chi connectivity index (χ0) is 13.2. The molecular weight excluding hydrogens is 240 g/mol. The maximum Gasteiger partial charge on any atom is 0.154 e. The first-order valence-electron chi connectivity index (χ1n) is 6.22. The fourth-order valence-electron chi connectivity index (χ4n) is 2.15. The molecule has 3 heterocycles. The highest BCUT2D eigenvalue weighted by Gasteiger charge is 2.06. The lowest BCUT2D eigenvalue weighted by Gasteiger charge is -2.06. The average molecular weight is 256 g/mol. The fourth-order valence-corrected chi connectivity index (χ4v) is 2.15. The Morgan fingerprint density at radius 3 is 2.84 bits per heavy atom. The summed E-state index contributed by atoms with van der Waals surface area (Å²) >= 11 is 0. The second kappa shape index (κ2) is 4.72. The van der Waals surface area contributed by atoms with Crippen molar-refractivity contribution < 1.29 is 0 Å². The highest BCUT2D eigenvalue weighted by molar-refractivity contribution is 5.85. The predicted octanol–water partition coefficient (Wildman–Crippen LogP) is 1.36. The van der Waals surface area contributed by atoms with Crippen molar-refractivity contribution in [1.82, 2.24) is 24.3 Å². The van der Waals surface area contributed by atoms with Crippen LogP contribution in [-0.2, 0) is 20.5 Å². The van der Waals surface area contributed by atoms with E-state index in [1.165, 1.54) is 5.69 Å². The lowest BCUT2D eigenvalue weighted by Crippen LogP contribution is -2.09. The summed E-state index contributed by atoms with van der Waals surface area (Å²) in [5, 5.41) is 7.49. The summed E-state index contributed by atoms with van der Waals surface area (Å²) in [6.45, 7) is 0.808. The van der Waals surface area contributed by atoms with E-state index in [0.29, 0.717) is 0 Å². The first-order chi connectivity index (χ1) is 9.25. The number of pyridine rings is 1. The van der Waals surface area contributed by atoms with E-state index in [9.17, 15) is 0 Å². The number of hydrogen-bond acceptors (Lipinski definition) is 4. The summed E-state index contributed by atoms with van der Waals surface area (Å²) in [5.74, 6) is 0.834. The van der Waals surface area contributed by atoms with Crippen LogP contribution in [0, 0.1) is 0 Å². The monoisotopic (exact) mass is 256 g/mol. The molecule has 0 bridgehead atoms. The Hall–Kier alpha value is -2.37. The molecule has 6 heteroatoms. The first-order valence-corrected chi connectivity index (χ1v) is 6.22. The molecule has 0 saturated heterocycles. The fraction of sp³-hybridized carbons (Fsp3) is 0.308. The van der Waals surface area contributed by atoms with Crippen molar-refractivity contribution in [2.75, 3.05) is 11.9 Å². The SMILES string of the molecule is Cn1nccc1CCNc1nccc2c1ncn2C. The molecule has 1 N–H and O–H groups in total. The molecule has 3 aromatic heterocycles. The summed E-state index contributed by atoms with van der Waals surface area (Å²) in [6, 6.07) is 3.99. The molecule has 19 heavy (non-hydrogen) atoms. The Labute approximate surface area is 111 Å². The molecule has 0 spiro atoms. The summed E-state index contributed by atoms with van der Waals surface area (Å²) in [4.78, 5) is 8.72. The normalized spacial score (nSPS) is 11.1. The van der Waals surface area contributed by atoms with Crippen molar-refractivity contribution in [1.29, 1.82) is 0 Å². The highest BCUT2D eigenvalue weighted by atomic mass is 15.3. The minimum absolute atomic E-state index is 0.808. The van der Waals surface area contributed by atoms with Gasteiger partial charge in [0.2, 0.25) is 0 Å². The number of rotatable bonds is 4. The molecule has 0 atom stereocenters. The van der Waals surface area contributed by atoms with Crippen molar-refractivity contribution in [2.45, 2.75) is 6.42 Å². The van der Waals surface area contributed by atoms with E-state index in [-0.39, 0.29) is 0 Å². The molecule has 98 valence electrons. The molecule has 6 nitrogen and oxygen atoms in total. The minimum atomic E-state index is 0.808. The maximum atomic E-state index is 4.37. The third-order valence-corrected chi connectivity index (χ3v) is 3.24. The predicted molar refractivity (Wildman–Crippen MR) is 73.9 cm³/mol. The summed E-state index contributed by atoms with van der Waals surface area (Å²) < 4.78 is 3.87. The number of hydrogen-bond donors (Lipinski definition) is 1. The third kappa shape index (κ3) is 2.16. The maximum absolute atomic E-state index is 4.37. The van der Waals surface area contributed by atoms with Gasteiger partial charge in [0.1, 0.15) is 5.52 Å². The van der Waals surface area contributed by atoms with Gasteiger partial charge in [-0.05, 0) is 12.1 Å². The lowest BCUT2D eigenvalue weighted by atomic mass is 10.3. The number of nitrogens with zero attached hydrogens (tertiary/aromatic N) is 5. The molecule has 0 aliphatic rings. The van der Waals surface area contributed by atoms with Gasteiger partial charge in [-0.1, -0.05) is 0 Å². The molecule has 0 aliphatic carbocycles. The number of anilines is 1. The van der Waals surface area contributed by atoms with Gasteiger partial charge in [0.25, 0.3) is 0 Å². The van der Waals surface area contributed by atoms with Crippen LogP contribution in [0.4, 0.5) is 5.82 Å². The number of aromatic nitrogens is 5. The molecular formula is C13H16N6. The van der Waals surface area contributed by atoms with Gasteiger partial charge in [-0.3, -0.25) is 4.68 Å². The van der Waals surface area contributed by atoms with Crippen LogP contribution in [0.1, 0.15) is 5.69 Å². The molecule has 3 aromatic rings. The van der Waals surface area contributed by atoms with E-state index in [0.717, 1.165) is 29.8 Å². The molecule has 0 amide bonds. The smallest absolute Gasteiger partial charge is 0.154 e. The lowest BCUT2D eigenvalue weighted by molar-refractivity contribution is 0.711. The van der Waals surface area contributed by atoms with Crippen LogP contribution >= 0.6 is 0 Å². The van der Waals surface area contributed by atoms with Gasteiger partial charge in [0, 0.05) is 45.1 Å². The quantitative estimate of drug-likeness (QED) is 0.765.